The lowest BCUT2D eigenvalue weighted by molar-refractivity contribution is -0.385. The SMILES string of the molecule is O=C1CCCN1C1CCCN(S(=O)(=O)c2cc(Br)cc([N+](=O)[O-])c2)C1. The summed E-state index contributed by atoms with van der Waals surface area (Å²) in [5, 5.41) is 11.0. The largest absolute Gasteiger partial charge is 0.338 e. The van der Waals surface area contributed by atoms with Gasteiger partial charge < -0.3 is 4.90 Å². The maximum atomic E-state index is 12.9. The van der Waals surface area contributed by atoms with E-state index in [2.05, 4.69) is 15.9 Å². The first-order valence-corrected chi connectivity index (χ1v) is 10.3. The van der Waals surface area contributed by atoms with Crippen molar-refractivity contribution in [1.29, 1.82) is 0 Å². The number of halogens is 1. The lowest BCUT2D eigenvalue weighted by Crippen LogP contribution is -2.50. The Morgan fingerprint density at radius 1 is 1.20 bits per heavy atom. The molecule has 25 heavy (non-hydrogen) atoms. The van der Waals surface area contributed by atoms with Crippen molar-refractivity contribution in [2.75, 3.05) is 19.6 Å². The van der Waals surface area contributed by atoms with E-state index in [1.807, 2.05) is 0 Å². The topological polar surface area (TPSA) is 101 Å². The van der Waals surface area contributed by atoms with Crippen molar-refractivity contribution in [3.05, 3.63) is 32.8 Å². The smallest absolute Gasteiger partial charge is 0.271 e. The molecule has 2 heterocycles. The van der Waals surface area contributed by atoms with Crippen LogP contribution in [0, 0.1) is 10.1 Å². The van der Waals surface area contributed by atoms with Crippen LogP contribution in [0.15, 0.2) is 27.6 Å². The fourth-order valence-electron chi connectivity index (χ4n) is 3.40. The van der Waals surface area contributed by atoms with Crippen LogP contribution in [0.2, 0.25) is 0 Å². The number of carbonyl (C=O) groups excluding carboxylic acids is 1. The van der Waals surface area contributed by atoms with Gasteiger partial charge in [0.05, 0.1) is 9.82 Å². The van der Waals surface area contributed by atoms with Gasteiger partial charge in [0.15, 0.2) is 0 Å². The van der Waals surface area contributed by atoms with Crippen molar-refractivity contribution in [2.45, 2.75) is 36.6 Å². The average Bonchev–Trinajstić information content (AvgIpc) is 3.00. The number of sulfonamides is 1. The van der Waals surface area contributed by atoms with Gasteiger partial charge in [0.2, 0.25) is 15.9 Å². The summed E-state index contributed by atoms with van der Waals surface area (Å²) in [6.07, 6.45) is 2.75. The lowest BCUT2D eigenvalue weighted by Gasteiger charge is -2.36. The minimum absolute atomic E-state index is 0.0716. The quantitative estimate of drug-likeness (QED) is 0.536. The van der Waals surface area contributed by atoms with Crippen molar-refractivity contribution in [3.8, 4) is 0 Å². The van der Waals surface area contributed by atoms with Crippen LogP contribution in [-0.2, 0) is 14.8 Å². The van der Waals surface area contributed by atoms with Gasteiger partial charge in [-0.1, -0.05) is 15.9 Å². The molecule has 2 aliphatic heterocycles. The highest BCUT2D eigenvalue weighted by atomic mass is 79.9. The third-order valence-electron chi connectivity index (χ3n) is 4.61. The molecule has 0 bridgehead atoms. The molecule has 1 atom stereocenters. The summed E-state index contributed by atoms with van der Waals surface area (Å²) in [7, 11) is -3.86. The predicted octanol–water partition coefficient (Wildman–Crippen LogP) is 2.13. The van der Waals surface area contributed by atoms with Gasteiger partial charge in [-0.15, -0.1) is 0 Å². The summed E-state index contributed by atoms with van der Waals surface area (Å²) < 4.78 is 27.5. The minimum Gasteiger partial charge on any atom is -0.338 e. The molecule has 8 nitrogen and oxygen atoms in total. The van der Waals surface area contributed by atoms with E-state index in [0.29, 0.717) is 30.4 Å². The molecule has 1 unspecified atom stereocenters. The number of amides is 1. The number of piperidine rings is 1. The molecule has 0 saturated carbocycles. The fraction of sp³-hybridized carbons (Fsp3) is 0.533. The Labute approximate surface area is 154 Å². The molecule has 0 aromatic heterocycles. The van der Waals surface area contributed by atoms with Crippen LogP contribution in [0.5, 0.6) is 0 Å². The van der Waals surface area contributed by atoms with E-state index in [0.717, 1.165) is 18.9 Å². The molecule has 2 fully saturated rings. The van der Waals surface area contributed by atoms with Gasteiger partial charge in [0.1, 0.15) is 0 Å². The molecule has 0 radical (unpaired) electrons. The number of likely N-dealkylation sites (tertiary alicyclic amines) is 1. The third-order valence-corrected chi connectivity index (χ3v) is 6.92. The van der Waals surface area contributed by atoms with Crippen LogP contribution in [0.25, 0.3) is 0 Å². The Hall–Kier alpha value is -1.52. The molecule has 1 aromatic carbocycles. The molecule has 10 heteroatoms. The first-order valence-electron chi connectivity index (χ1n) is 8.03. The highest BCUT2D eigenvalue weighted by molar-refractivity contribution is 9.10. The number of nitro groups is 1. The van der Waals surface area contributed by atoms with E-state index in [1.165, 1.54) is 16.4 Å². The highest BCUT2D eigenvalue weighted by Crippen LogP contribution is 2.29. The zero-order valence-electron chi connectivity index (χ0n) is 13.4. The Morgan fingerprint density at radius 2 is 1.96 bits per heavy atom. The van der Waals surface area contributed by atoms with E-state index in [4.69, 9.17) is 0 Å². The van der Waals surface area contributed by atoms with Crippen LogP contribution in [0.1, 0.15) is 25.7 Å². The van der Waals surface area contributed by atoms with Crippen molar-refractivity contribution in [2.24, 2.45) is 0 Å². The van der Waals surface area contributed by atoms with Gasteiger partial charge in [0, 0.05) is 48.7 Å². The van der Waals surface area contributed by atoms with Crippen LogP contribution < -0.4 is 0 Å². The van der Waals surface area contributed by atoms with Crippen LogP contribution >= 0.6 is 15.9 Å². The summed E-state index contributed by atoms with van der Waals surface area (Å²) >= 11 is 3.13. The second kappa shape index (κ2) is 7.00. The highest BCUT2D eigenvalue weighted by Gasteiger charge is 2.36. The van der Waals surface area contributed by atoms with Crippen LogP contribution in [0.3, 0.4) is 0 Å². The molecule has 3 rings (SSSR count). The van der Waals surface area contributed by atoms with Crippen LogP contribution in [-0.4, -0.2) is 54.1 Å². The second-order valence-electron chi connectivity index (χ2n) is 6.25. The molecule has 136 valence electrons. The Morgan fingerprint density at radius 3 is 2.60 bits per heavy atom. The molecular weight excluding hydrogens is 414 g/mol. The number of benzene rings is 1. The first kappa shape index (κ1) is 18.3. The summed E-state index contributed by atoms with van der Waals surface area (Å²) in [5.41, 5.74) is -0.281. The maximum Gasteiger partial charge on any atom is 0.271 e. The zero-order valence-corrected chi connectivity index (χ0v) is 15.8. The first-order chi connectivity index (χ1) is 11.8. The molecule has 0 spiro atoms. The second-order valence-corrected chi connectivity index (χ2v) is 9.11. The predicted molar refractivity (Wildman–Crippen MR) is 93.5 cm³/mol. The van der Waals surface area contributed by atoms with Gasteiger partial charge in [-0.2, -0.15) is 4.31 Å². The third kappa shape index (κ3) is 3.70. The molecular formula is C15H18BrN3O5S. The molecule has 0 N–H and O–H groups in total. The number of nitrogens with zero attached hydrogens (tertiary/aromatic N) is 3. The van der Waals surface area contributed by atoms with E-state index in [-0.39, 0.29) is 29.1 Å². The van der Waals surface area contributed by atoms with Gasteiger partial charge in [-0.05, 0) is 25.3 Å². The average molecular weight is 432 g/mol. The van der Waals surface area contributed by atoms with Gasteiger partial charge in [-0.3, -0.25) is 14.9 Å². The van der Waals surface area contributed by atoms with Gasteiger partial charge in [0.25, 0.3) is 5.69 Å². The maximum absolute atomic E-state index is 12.9. The van der Waals surface area contributed by atoms with Crippen molar-refractivity contribution >= 4 is 37.5 Å². The number of non-ortho nitro benzene ring substituents is 1. The summed E-state index contributed by atoms with van der Waals surface area (Å²) in [6, 6.07) is 3.58. The number of hydrogen-bond acceptors (Lipinski definition) is 5. The standard InChI is InChI=1S/C15H18BrN3O5S/c16-11-7-13(19(21)22)9-14(8-11)25(23,24)17-5-1-3-12(10-17)18-6-2-4-15(18)20/h7-9,12H,1-6,10H2. The molecule has 1 amide bonds. The molecule has 1 aromatic rings. The molecule has 2 saturated heterocycles. The zero-order chi connectivity index (χ0) is 18.2. The van der Waals surface area contributed by atoms with Gasteiger partial charge in [-0.25, -0.2) is 8.42 Å². The minimum atomic E-state index is -3.86. The van der Waals surface area contributed by atoms with E-state index in [9.17, 15) is 23.3 Å². The fourth-order valence-corrected chi connectivity index (χ4v) is 5.61. The summed E-state index contributed by atoms with van der Waals surface area (Å²) in [4.78, 5) is 24.0. The van der Waals surface area contributed by atoms with E-state index >= 15 is 0 Å². The van der Waals surface area contributed by atoms with E-state index < -0.39 is 14.9 Å². The van der Waals surface area contributed by atoms with Gasteiger partial charge >= 0.3 is 0 Å². The molecule has 2 aliphatic rings. The number of hydrogen-bond donors (Lipinski definition) is 0. The monoisotopic (exact) mass is 431 g/mol. The Kier molecular flexibility index (Phi) is 5.12. The number of rotatable bonds is 4. The summed E-state index contributed by atoms with van der Waals surface area (Å²) in [6.45, 7) is 1.25. The van der Waals surface area contributed by atoms with Crippen molar-refractivity contribution in [1.82, 2.24) is 9.21 Å². The van der Waals surface area contributed by atoms with Crippen molar-refractivity contribution < 1.29 is 18.1 Å². The normalized spacial score (nSPS) is 22.4. The van der Waals surface area contributed by atoms with E-state index in [1.54, 1.807) is 4.90 Å². The Balaban J connectivity index is 1.87. The lowest BCUT2D eigenvalue weighted by atomic mass is 10.1. The summed E-state index contributed by atoms with van der Waals surface area (Å²) in [5.74, 6) is 0.0716. The number of carbonyl (C=O) groups is 1. The van der Waals surface area contributed by atoms with Crippen LogP contribution in [0.4, 0.5) is 5.69 Å². The number of nitro benzene ring substituents is 1. The van der Waals surface area contributed by atoms with Crippen molar-refractivity contribution in [3.63, 3.8) is 0 Å². The Bertz CT molecular complexity index is 813. The molecule has 0 aliphatic carbocycles.